The lowest BCUT2D eigenvalue weighted by molar-refractivity contribution is -0.163. The average Bonchev–Trinajstić information content (AvgIpc) is 2.54. The Morgan fingerprint density at radius 3 is 2.29 bits per heavy atom. The Bertz CT molecular complexity index is 384. The third-order valence-electron chi connectivity index (χ3n) is 5.41. The van der Waals surface area contributed by atoms with E-state index in [1.54, 1.807) is 7.05 Å². The molecule has 1 unspecified atom stereocenters. The van der Waals surface area contributed by atoms with Crippen LogP contribution in [0.15, 0.2) is 0 Å². The Labute approximate surface area is 126 Å². The van der Waals surface area contributed by atoms with Crippen molar-refractivity contribution in [2.24, 2.45) is 11.8 Å². The summed E-state index contributed by atoms with van der Waals surface area (Å²) in [5, 5.41) is 9.69. The van der Waals surface area contributed by atoms with Crippen molar-refractivity contribution in [1.29, 1.82) is 0 Å². The molecular weight excluding hydrogens is 270 g/mol. The molecule has 0 aromatic heterocycles. The van der Waals surface area contributed by atoms with Crippen LogP contribution >= 0.6 is 0 Å². The third kappa shape index (κ3) is 3.23. The highest BCUT2D eigenvalue weighted by molar-refractivity contribution is 5.88. The summed E-state index contributed by atoms with van der Waals surface area (Å²) in [4.78, 5) is 26.1. The third-order valence-corrected chi connectivity index (χ3v) is 5.41. The van der Waals surface area contributed by atoms with Gasteiger partial charge in [-0.1, -0.05) is 26.2 Å². The predicted molar refractivity (Wildman–Crippen MR) is 78.9 cm³/mol. The summed E-state index contributed by atoms with van der Waals surface area (Å²) < 4.78 is 5.35. The number of ether oxygens (including phenoxy) is 1. The van der Waals surface area contributed by atoms with Crippen molar-refractivity contribution in [2.75, 3.05) is 20.3 Å². The second-order valence-corrected chi connectivity index (χ2v) is 6.53. The van der Waals surface area contributed by atoms with Crippen LogP contribution in [-0.4, -0.2) is 47.7 Å². The number of amides is 1. The van der Waals surface area contributed by atoms with Crippen LogP contribution in [0, 0.1) is 11.8 Å². The molecule has 1 atom stereocenters. The lowest BCUT2D eigenvalue weighted by atomic mass is 9.78. The molecule has 0 radical (unpaired) electrons. The van der Waals surface area contributed by atoms with E-state index in [1.165, 1.54) is 4.90 Å². The molecule has 21 heavy (non-hydrogen) atoms. The van der Waals surface area contributed by atoms with Crippen molar-refractivity contribution in [2.45, 2.75) is 57.4 Å². The molecule has 2 fully saturated rings. The van der Waals surface area contributed by atoms with Gasteiger partial charge < -0.3 is 14.7 Å². The van der Waals surface area contributed by atoms with Crippen LogP contribution in [0.25, 0.3) is 0 Å². The van der Waals surface area contributed by atoms with E-state index < -0.39 is 11.5 Å². The standard InChI is InChI=1S/C16H27NO4/c1-12(13-6-10-21-11-7-13)14(18)17(2)16(15(19)20)8-4-3-5-9-16/h12-13H,3-11H2,1-2H3,(H,19,20). The fourth-order valence-corrected chi connectivity index (χ4v) is 3.76. The van der Waals surface area contributed by atoms with E-state index in [2.05, 4.69) is 0 Å². The molecule has 1 heterocycles. The van der Waals surface area contributed by atoms with Gasteiger partial charge in [-0.05, 0) is 31.6 Å². The minimum atomic E-state index is -0.991. The minimum Gasteiger partial charge on any atom is -0.479 e. The topological polar surface area (TPSA) is 66.8 Å². The highest BCUT2D eigenvalue weighted by Crippen LogP contribution is 2.35. The van der Waals surface area contributed by atoms with Gasteiger partial charge in [-0.15, -0.1) is 0 Å². The summed E-state index contributed by atoms with van der Waals surface area (Å²) >= 11 is 0. The molecular formula is C16H27NO4. The Hall–Kier alpha value is -1.10. The van der Waals surface area contributed by atoms with E-state index in [0.29, 0.717) is 32.0 Å². The van der Waals surface area contributed by atoms with Crippen LogP contribution in [-0.2, 0) is 14.3 Å². The minimum absolute atomic E-state index is 0.0220. The Balaban J connectivity index is 2.10. The Morgan fingerprint density at radius 1 is 1.19 bits per heavy atom. The van der Waals surface area contributed by atoms with Gasteiger partial charge in [0.05, 0.1) is 0 Å². The number of rotatable bonds is 4. The van der Waals surface area contributed by atoms with Gasteiger partial charge in [0.1, 0.15) is 5.54 Å². The van der Waals surface area contributed by atoms with Gasteiger partial charge in [0.25, 0.3) is 0 Å². The van der Waals surface area contributed by atoms with Gasteiger partial charge in [0.2, 0.25) is 5.91 Å². The zero-order valence-corrected chi connectivity index (χ0v) is 13.1. The number of carboxylic acid groups (broad SMARTS) is 1. The maximum absolute atomic E-state index is 12.8. The van der Waals surface area contributed by atoms with Crippen LogP contribution in [0.2, 0.25) is 0 Å². The van der Waals surface area contributed by atoms with E-state index in [0.717, 1.165) is 32.1 Å². The number of aliphatic carboxylic acids is 1. The molecule has 2 rings (SSSR count). The highest BCUT2D eigenvalue weighted by atomic mass is 16.5. The van der Waals surface area contributed by atoms with Crippen LogP contribution in [0.1, 0.15) is 51.9 Å². The van der Waals surface area contributed by atoms with E-state index in [-0.39, 0.29) is 11.8 Å². The lowest BCUT2D eigenvalue weighted by Crippen LogP contribution is -2.58. The molecule has 5 heteroatoms. The van der Waals surface area contributed by atoms with E-state index in [4.69, 9.17) is 4.74 Å². The molecule has 0 bridgehead atoms. The van der Waals surface area contributed by atoms with E-state index in [9.17, 15) is 14.7 Å². The van der Waals surface area contributed by atoms with E-state index in [1.807, 2.05) is 6.92 Å². The molecule has 1 saturated carbocycles. The van der Waals surface area contributed by atoms with Crippen molar-refractivity contribution in [1.82, 2.24) is 4.90 Å². The first-order valence-electron chi connectivity index (χ1n) is 8.08. The van der Waals surface area contributed by atoms with Gasteiger partial charge >= 0.3 is 5.97 Å². The summed E-state index contributed by atoms with van der Waals surface area (Å²) in [5.74, 6) is -0.691. The van der Waals surface area contributed by atoms with Gasteiger partial charge in [0.15, 0.2) is 0 Å². The van der Waals surface area contributed by atoms with Crippen molar-refractivity contribution >= 4 is 11.9 Å². The predicted octanol–water partition coefficient (Wildman–Crippen LogP) is 2.29. The largest absolute Gasteiger partial charge is 0.479 e. The normalized spacial score (nSPS) is 24.3. The van der Waals surface area contributed by atoms with Crippen LogP contribution in [0.5, 0.6) is 0 Å². The average molecular weight is 297 g/mol. The molecule has 1 amide bonds. The zero-order chi connectivity index (χ0) is 15.5. The molecule has 0 aromatic rings. The SMILES string of the molecule is CC(C(=O)N(C)C1(C(=O)O)CCCCC1)C1CCOCC1. The van der Waals surface area contributed by atoms with Crippen molar-refractivity contribution in [3.63, 3.8) is 0 Å². The fourth-order valence-electron chi connectivity index (χ4n) is 3.76. The number of carbonyl (C=O) groups is 2. The summed E-state index contributed by atoms with van der Waals surface area (Å²) in [6.45, 7) is 3.35. The van der Waals surface area contributed by atoms with Crippen molar-refractivity contribution < 1.29 is 19.4 Å². The molecule has 5 nitrogen and oxygen atoms in total. The van der Waals surface area contributed by atoms with Crippen molar-refractivity contribution in [3.05, 3.63) is 0 Å². The first-order chi connectivity index (χ1) is 9.99. The molecule has 1 aliphatic carbocycles. The fraction of sp³-hybridized carbons (Fsp3) is 0.875. The van der Waals surface area contributed by atoms with Crippen LogP contribution < -0.4 is 0 Å². The summed E-state index contributed by atoms with van der Waals surface area (Å²) in [6, 6.07) is 0. The first kappa shape index (κ1) is 16.3. The van der Waals surface area contributed by atoms with Gasteiger partial charge in [0, 0.05) is 26.2 Å². The summed E-state index contributed by atoms with van der Waals surface area (Å²) in [6.07, 6.45) is 5.76. The zero-order valence-electron chi connectivity index (χ0n) is 13.1. The molecule has 1 saturated heterocycles. The Morgan fingerprint density at radius 2 is 1.76 bits per heavy atom. The number of nitrogens with zero attached hydrogens (tertiary/aromatic N) is 1. The Kier molecular flexibility index (Phi) is 5.25. The van der Waals surface area contributed by atoms with Gasteiger partial charge in [-0.25, -0.2) is 4.79 Å². The number of carbonyl (C=O) groups excluding carboxylic acids is 1. The highest BCUT2D eigenvalue weighted by Gasteiger charge is 2.46. The maximum atomic E-state index is 12.8. The van der Waals surface area contributed by atoms with Crippen molar-refractivity contribution in [3.8, 4) is 0 Å². The van der Waals surface area contributed by atoms with E-state index >= 15 is 0 Å². The van der Waals surface area contributed by atoms with Crippen LogP contribution in [0.3, 0.4) is 0 Å². The van der Waals surface area contributed by atoms with Crippen LogP contribution in [0.4, 0.5) is 0 Å². The smallest absolute Gasteiger partial charge is 0.329 e. The number of hydrogen-bond donors (Lipinski definition) is 1. The molecule has 1 aliphatic heterocycles. The van der Waals surface area contributed by atoms with Gasteiger partial charge in [-0.3, -0.25) is 4.79 Å². The molecule has 2 aliphatic rings. The molecule has 120 valence electrons. The van der Waals surface area contributed by atoms with Gasteiger partial charge in [-0.2, -0.15) is 0 Å². The number of likely N-dealkylation sites (N-methyl/N-ethyl adjacent to an activating group) is 1. The summed E-state index contributed by atoms with van der Waals surface area (Å²) in [5.41, 5.74) is -0.991. The molecule has 0 aromatic carbocycles. The molecule has 1 N–H and O–H groups in total. The maximum Gasteiger partial charge on any atom is 0.329 e. The quantitative estimate of drug-likeness (QED) is 0.864. The summed E-state index contributed by atoms with van der Waals surface area (Å²) in [7, 11) is 1.68. The molecule has 0 spiro atoms. The second-order valence-electron chi connectivity index (χ2n) is 6.53. The second kappa shape index (κ2) is 6.77. The monoisotopic (exact) mass is 297 g/mol. The first-order valence-corrected chi connectivity index (χ1v) is 8.08. The number of hydrogen-bond acceptors (Lipinski definition) is 3. The lowest BCUT2D eigenvalue weighted by Gasteiger charge is -2.43. The number of carboxylic acids is 1.